The minimum absolute atomic E-state index is 0.314. The first kappa shape index (κ1) is 25.0. The number of hydrogen-bond acceptors (Lipinski definition) is 2. The number of hydrogen-bond donors (Lipinski definition) is 1. The molecule has 0 spiro atoms. The van der Waals surface area contributed by atoms with E-state index in [1.807, 2.05) is 24.4 Å². The molecule has 0 bridgehead atoms. The second-order valence-corrected chi connectivity index (χ2v) is 8.72. The maximum atomic E-state index is 5.58. The van der Waals surface area contributed by atoms with Crippen molar-refractivity contribution in [1.29, 1.82) is 0 Å². The van der Waals surface area contributed by atoms with Crippen LogP contribution < -0.4 is 5.73 Å². The topological polar surface area (TPSA) is 38.4 Å². The van der Waals surface area contributed by atoms with Crippen molar-refractivity contribution in [3.8, 4) is 35.5 Å². The summed E-state index contributed by atoms with van der Waals surface area (Å²) in [6.07, 6.45) is 1.91. The number of nitrogens with two attached hydrogens (primary N) is 1. The molecule has 2 aromatic rings. The summed E-state index contributed by atoms with van der Waals surface area (Å²) in [5, 5.41) is 0. The lowest BCUT2D eigenvalue weighted by molar-refractivity contribution is 0.864. The van der Waals surface area contributed by atoms with Crippen molar-refractivity contribution in [2.24, 2.45) is 22.6 Å². The van der Waals surface area contributed by atoms with Gasteiger partial charge in [-0.2, -0.15) is 0 Å². The Balaban J connectivity index is 2.46. The molecule has 0 saturated heterocycles. The average Bonchev–Trinajstić information content (AvgIpc) is 2.75. The van der Waals surface area contributed by atoms with Crippen LogP contribution in [0.1, 0.15) is 80.8 Å². The minimum atomic E-state index is 0.314. The highest BCUT2D eigenvalue weighted by atomic mass is 14.7. The Hall–Kier alpha value is -3.25. The van der Waals surface area contributed by atoms with Crippen LogP contribution in [0.4, 0.5) is 0 Å². The Bertz CT molecular complexity index is 1090. The van der Waals surface area contributed by atoms with Crippen LogP contribution in [0.3, 0.4) is 0 Å². The number of rotatable bonds is 4. The predicted octanol–water partition coefficient (Wildman–Crippen LogP) is 5.60. The molecule has 2 heteroatoms. The molecule has 2 nitrogen and oxygen atoms in total. The third-order valence-electron chi connectivity index (χ3n) is 4.49. The van der Waals surface area contributed by atoms with Gasteiger partial charge in [-0.1, -0.05) is 83.1 Å². The SMILES string of the molecule is CC(C)C#Cc1cc(C#Cc2ccc(C(C)C)c(C=NCCN)c2)cc(C#CC(C)C)c1. The molecule has 164 valence electrons. The van der Waals surface area contributed by atoms with Crippen molar-refractivity contribution >= 4 is 6.21 Å². The number of benzene rings is 2. The highest BCUT2D eigenvalue weighted by molar-refractivity contribution is 5.83. The second kappa shape index (κ2) is 12.6. The van der Waals surface area contributed by atoms with Gasteiger partial charge < -0.3 is 5.73 Å². The molecule has 0 aromatic heterocycles. The lowest BCUT2D eigenvalue weighted by Gasteiger charge is -2.10. The lowest BCUT2D eigenvalue weighted by atomic mass is 9.95. The summed E-state index contributed by atoms with van der Waals surface area (Å²) in [4.78, 5) is 4.43. The van der Waals surface area contributed by atoms with E-state index in [1.54, 1.807) is 0 Å². The van der Waals surface area contributed by atoms with Gasteiger partial charge in [0.1, 0.15) is 0 Å². The van der Waals surface area contributed by atoms with Crippen LogP contribution in [-0.4, -0.2) is 19.3 Å². The predicted molar refractivity (Wildman–Crippen MR) is 138 cm³/mol. The van der Waals surface area contributed by atoms with Crippen LogP contribution >= 0.6 is 0 Å². The van der Waals surface area contributed by atoms with E-state index in [4.69, 9.17) is 5.73 Å². The van der Waals surface area contributed by atoms with Gasteiger partial charge in [0.2, 0.25) is 0 Å². The monoisotopic (exact) mass is 422 g/mol. The number of nitrogens with zero attached hydrogens (tertiary/aromatic N) is 1. The summed E-state index contributed by atoms with van der Waals surface area (Å²) in [7, 11) is 0. The van der Waals surface area contributed by atoms with E-state index in [-0.39, 0.29) is 0 Å². The van der Waals surface area contributed by atoms with E-state index in [0.29, 0.717) is 30.8 Å². The van der Waals surface area contributed by atoms with Crippen LogP contribution in [0.25, 0.3) is 0 Å². The minimum Gasteiger partial charge on any atom is -0.329 e. The molecule has 0 aliphatic rings. The largest absolute Gasteiger partial charge is 0.329 e. The molecule has 0 heterocycles. The first-order valence-electron chi connectivity index (χ1n) is 11.3. The highest BCUT2D eigenvalue weighted by Gasteiger charge is 2.05. The summed E-state index contributed by atoms with van der Waals surface area (Å²) in [5.41, 5.74) is 11.7. The summed E-state index contributed by atoms with van der Waals surface area (Å²) in [6.45, 7) is 13.9. The molecule has 2 N–H and O–H groups in total. The molecule has 0 unspecified atom stereocenters. The van der Waals surface area contributed by atoms with Crippen molar-refractivity contribution in [3.05, 3.63) is 69.8 Å². The lowest BCUT2D eigenvalue weighted by Crippen LogP contribution is -2.03. The van der Waals surface area contributed by atoms with Gasteiger partial charge in [-0.3, -0.25) is 4.99 Å². The smallest absolute Gasteiger partial charge is 0.0512 e. The van der Waals surface area contributed by atoms with E-state index < -0.39 is 0 Å². The summed E-state index contributed by atoms with van der Waals surface area (Å²) < 4.78 is 0. The van der Waals surface area contributed by atoms with Crippen molar-refractivity contribution in [2.45, 2.75) is 47.5 Å². The molecule has 32 heavy (non-hydrogen) atoms. The van der Waals surface area contributed by atoms with Crippen molar-refractivity contribution in [2.75, 3.05) is 13.1 Å². The molecule has 0 aliphatic heterocycles. The van der Waals surface area contributed by atoms with Crippen molar-refractivity contribution in [3.63, 3.8) is 0 Å². The quantitative estimate of drug-likeness (QED) is 0.505. The summed E-state index contributed by atoms with van der Waals surface area (Å²) in [6, 6.07) is 12.4. The molecule has 0 saturated carbocycles. The average molecular weight is 423 g/mol. The van der Waals surface area contributed by atoms with Crippen LogP contribution in [0, 0.1) is 47.4 Å². The number of aliphatic imine (C=N–C) groups is 1. The normalized spacial score (nSPS) is 10.6. The fraction of sp³-hybridized carbons (Fsp3) is 0.367. The van der Waals surface area contributed by atoms with Gasteiger partial charge in [0, 0.05) is 46.8 Å². The fourth-order valence-electron chi connectivity index (χ4n) is 2.97. The molecular weight excluding hydrogens is 388 g/mol. The van der Waals surface area contributed by atoms with E-state index in [1.165, 1.54) is 5.56 Å². The molecule has 0 aliphatic carbocycles. The Morgan fingerprint density at radius 2 is 1.28 bits per heavy atom. The van der Waals surface area contributed by atoms with Crippen LogP contribution in [-0.2, 0) is 0 Å². The molecule has 2 aromatic carbocycles. The van der Waals surface area contributed by atoms with Crippen LogP contribution in [0.5, 0.6) is 0 Å². The van der Waals surface area contributed by atoms with E-state index in [0.717, 1.165) is 27.8 Å². The fourth-order valence-corrected chi connectivity index (χ4v) is 2.97. The standard InChI is InChI=1S/C30H34N2/c1-22(2)7-9-26-17-27(10-8-23(3)4)19-28(18-26)12-11-25-13-14-30(24(5)6)29(20-25)21-32-16-15-31/h13-14,17-24H,15-16,31H2,1-6H3. The Morgan fingerprint density at radius 3 is 1.78 bits per heavy atom. The van der Waals surface area contributed by atoms with Gasteiger partial charge in [-0.25, -0.2) is 0 Å². The van der Waals surface area contributed by atoms with Gasteiger partial charge >= 0.3 is 0 Å². The molecule has 0 atom stereocenters. The zero-order chi connectivity index (χ0) is 23.5. The van der Waals surface area contributed by atoms with E-state index >= 15 is 0 Å². The first-order chi connectivity index (χ1) is 15.3. The zero-order valence-corrected chi connectivity index (χ0v) is 20.2. The third kappa shape index (κ3) is 8.47. The maximum absolute atomic E-state index is 5.58. The van der Waals surface area contributed by atoms with Gasteiger partial charge in [0.25, 0.3) is 0 Å². The summed E-state index contributed by atoms with van der Waals surface area (Å²) in [5.74, 6) is 20.6. The molecular formula is C30H34N2. The molecule has 0 amide bonds. The van der Waals surface area contributed by atoms with E-state index in [2.05, 4.69) is 100 Å². The van der Waals surface area contributed by atoms with Gasteiger partial charge in [-0.05, 0) is 47.4 Å². The Kier molecular flexibility index (Phi) is 9.82. The first-order valence-corrected chi connectivity index (χ1v) is 11.3. The van der Waals surface area contributed by atoms with Gasteiger partial charge in [-0.15, -0.1) is 0 Å². The van der Waals surface area contributed by atoms with Crippen LogP contribution in [0.2, 0.25) is 0 Å². The third-order valence-corrected chi connectivity index (χ3v) is 4.49. The van der Waals surface area contributed by atoms with Crippen molar-refractivity contribution < 1.29 is 0 Å². The highest BCUT2D eigenvalue weighted by Crippen LogP contribution is 2.19. The summed E-state index contributed by atoms with van der Waals surface area (Å²) >= 11 is 0. The van der Waals surface area contributed by atoms with Crippen LogP contribution in [0.15, 0.2) is 41.4 Å². The van der Waals surface area contributed by atoms with Gasteiger partial charge in [0.05, 0.1) is 6.54 Å². The van der Waals surface area contributed by atoms with E-state index in [9.17, 15) is 0 Å². The Morgan fingerprint density at radius 1 is 0.750 bits per heavy atom. The van der Waals surface area contributed by atoms with Gasteiger partial charge in [0.15, 0.2) is 0 Å². The molecule has 0 fully saturated rings. The molecule has 2 rings (SSSR count). The Labute approximate surface area is 194 Å². The zero-order valence-electron chi connectivity index (χ0n) is 20.2. The molecule has 0 radical (unpaired) electrons. The second-order valence-electron chi connectivity index (χ2n) is 8.72. The van der Waals surface area contributed by atoms with Crippen molar-refractivity contribution in [1.82, 2.24) is 0 Å². The maximum Gasteiger partial charge on any atom is 0.0512 e.